The van der Waals surface area contributed by atoms with E-state index in [2.05, 4.69) is 82.5 Å². The number of rotatable bonds is 7. The Bertz CT molecular complexity index is 1120. The first-order valence-corrected chi connectivity index (χ1v) is 12.2. The molecule has 3 aromatic rings. The number of hydrogen-bond donors (Lipinski definition) is 2. The second-order valence-corrected chi connectivity index (χ2v) is 11.4. The molecular formula is C30H40N2O2. The summed E-state index contributed by atoms with van der Waals surface area (Å²) in [6.07, 6.45) is 3.08. The number of carbonyl (C=O) groups is 1. The van der Waals surface area contributed by atoms with Gasteiger partial charge in [0.2, 0.25) is 0 Å². The summed E-state index contributed by atoms with van der Waals surface area (Å²) < 4.78 is 2.22. The molecule has 0 saturated heterocycles. The molecule has 0 saturated carbocycles. The second-order valence-electron chi connectivity index (χ2n) is 11.4. The van der Waals surface area contributed by atoms with Crippen LogP contribution in [-0.4, -0.2) is 15.6 Å². The van der Waals surface area contributed by atoms with E-state index in [1.807, 2.05) is 19.1 Å². The molecule has 34 heavy (non-hydrogen) atoms. The summed E-state index contributed by atoms with van der Waals surface area (Å²) >= 11 is 0. The lowest BCUT2D eigenvalue weighted by molar-refractivity contribution is 0.0999. The van der Waals surface area contributed by atoms with Crippen LogP contribution in [-0.2, 0) is 23.8 Å². The zero-order valence-corrected chi connectivity index (χ0v) is 21.8. The van der Waals surface area contributed by atoms with Gasteiger partial charge in [-0.05, 0) is 66.3 Å². The van der Waals surface area contributed by atoms with Gasteiger partial charge in [0, 0.05) is 29.1 Å². The van der Waals surface area contributed by atoms with Gasteiger partial charge in [0.1, 0.15) is 5.75 Å². The van der Waals surface area contributed by atoms with Gasteiger partial charge in [0.05, 0.1) is 5.56 Å². The number of carbonyl (C=O) groups excluding carboxylic acids is 1. The molecule has 0 aliphatic carbocycles. The van der Waals surface area contributed by atoms with Crippen LogP contribution in [0.5, 0.6) is 5.75 Å². The smallest absolute Gasteiger partial charge is 0.250 e. The zero-order chi connectivity index (χ0) is 25.3. The highest BCUT2D eigenvalue weighted by molar-refractivity contribution is 5.95. The first kappa shape index (κ1) is 25.6. The van der Waals surface area contributed by atoms with Crippen molar-refractivity contribution in [1.82, 2.24) is 4.57 Å². The lowest BCUT2D eigenvalue weighted by atomic mass is 9.78. The van der Waals surface area contributed by atoms with Crippen LogP contribution in [0, 0.1) is 6.92 Å². The molecule has 3 N–H and O–H groups in total. The minimum absolute atomic E-state index is 0.227. The molecule has 0 fully saturated rings. The SMILES string of the molecule is Cc1c(C(N)=O)cc(-c2cc(C(C)(C)C)c(O)c(C(C)(C)C)c2)n1CCCCc1ccccc1. The van der Waals surface area contributed by atoms with Gasteiger partial charge in [-0.3, -0.25) is 4.79 Å². The van der Waals surface area contributed by atoms with Crippen LogP contribution in [0.25, 0.3) is 11.3 Å². The molecule has 3 rings (SSSR count). The van der Waals surface area contributed by atoms with Crippen LogP contribution in [0.3, 0.4) is 0 Å². The molecule has 4 nitrogen and oxygen atoms in total. The van der Waals surface area contributed by atoms with E-state index < -0.39 is 5.91 Å². The van der Waals surface area contributed by atoms with E-state index in [0.717, 1.165) is 53.9 Å². The van der Waals surface area contributed by atoms with Crippen molar-refractivity contribution in [3.05, 3.63) is 76.5 Å². The van der Waals surface area contributed by atoms with Crippen LogP contribution in [0.4, 0.5) is 0 Å². The Balaban J connectivity index is 2.04. The van der Waals surface area contributed by atoms with Gasteiger partial charge in [-0.1, -0.05) is 71.9 Å². The van der Waals surface area contributed by atoms with E-state index in [4.69, 9.17) is 5.73 Å². The lowest BCUT2D eigenvalue weighted by Gasteiger charge is -2.28. The molecule has 0 bridgehead atoms. The molecule has 0 unspecified atom stereocenters. The van der Waals surface area contributed by atoms with Crippen molar-refractivity contribution in [1.29, 1.82) is 0 Å². The van der Waals surface area contributed by atoms with Gasteiger partial charge < -0.3 is 15.4 Å². The highest BCUT2D eigenvalue weighted by Crippen LogP contribution is 2.42. The fourth-order valence-electron chi connectivity index (χ4n) is 4.59. The standard InChI is InChI=1S/C30H40N2O2/c1-20-23(28(31)34)19-26(32(20)16-12-11-15-21-13-9-8-10-14-21)22-17-24(29(2,3)4)27(33)25(18-22)30(5,6)7/h8-10,13-14,17-19,33H,11-12,15-16H2,1-7H3,(H2,31,34). The van der Waals surface area contributed by atoms with E-state index in [1.165, 1.54) is 5.56 Å². The highest BCUT2D eigenvalue weighted by Gasteiger charge is 2.28. The maximum absolute atomic E-state index is 12.2. The van der Waals surface area contributed by atoms with Gasteiger partial charge in [-0.15, -0.1) is 0 Å². The maximum Gasteiger partial charge on any atom is 0.250 e. The Labute approximate surface area is 204 Å². The second kappa shape index (κ2) is 9.69. The average Bonchev–Trinajstić information content (AvgIpc) is 3.07. The van der Waals surface area contributed by atoms with Gasteiger partial charge in [0.15, 0.2) is 0 Å². The summed E-state index contributed by atoms with van der Waals surface area (Å²) in [6.45, 7) is 15.4. The van der Waals surface area contributed by atoms with E-state index in [9.17, 15) is 9.90 Å². The summed E-state index contributed by atoms with van der Waals surface area (Å²) in [6, 6.07) is 16.6. The van der Waals surface area contributed by atoms with Crippen molar-refractivity contribution in [2.45, 2.75) is 85.1 Å². The molecule has 1 aromatic heterocycles. The van der Waals surface area contributed by atoms with Gasteiger partial charge in [0.25, 0.3) is 5.91 Å². The normalized spacial score (nSPS) is 12.2. The Morgan fingerprint density at radius 1 is 0.912 bits per heavy atom. The van der Waals surface area contributed by atoms with E-state index in [0.29, 0.717) is 11.3 Å². The van der Waals surface area contributed by atoms with Gasteiger partial charge in [-0.2, -0.15) is 0 Å². The number of nitrogens with zero attached hydrogens (tertiary/aromatic N) is 1. The quantitative estimate of drug-likeness (QED) is 0.377. The Hall–Kier alpha value is -3.01. The Morgan fingerprint density at radius 2 is 1.47 bits per heavy atom. The molecule has 182 valence electrons. The van der Waals surface area contributed by atoms with Gasteiger partial charge in [-0.25, -0.2) is 0 Å². The third-order valence-electron chi connectivity index (χ3n) is 6.59. The Kier molecular flexibility index (Phi) is 7.30. The van der Waals surface area contributed by atoms with Crippen molar-refractivity contribution in [2.75, 3.05) is 0 Å². The molecule has 2 aromatic carbocycles. The molecule has 1 heterocycles. The third-order valence-corrected chi connectivity index (χ3v) is 6.59. The van der Waals surface area contributed by atoms with Crippen LogP contribution >= 0.6 is 0 Å². The molecule has 0 atom stereocenters. The number of aryl methyl sites for hydroxylation is 1. The van der Waals surface area contributed by atoms with Crippen LogP contribution < -0.4 is 5.73 Å². The number of amides is 1. The monoisotopic (exact) mass is 460 g/mol. The number of benzene rings is 2. The number of hydrogen-bond acceptors (Lipinski definition) is 2. The van der Waals surface area contributed by atoms with E-state index in [1.54, 1.807) is 0 Å². The predicted molar refractivity (Wildman–Crippen MR) is 142 cm³/mol. The zero-order valence-electron chi connectivity index (χ0n) is 21.8. The fraction of sp³-hybridized carbons (Fsp3) is 0.433. The third kappa shape index (κ3) is 5.55. The predicted octanol–water partition coefficient (Wildman–Crippen LogP) is 6.89. The van der Waals surface area contributed by atoms with Crippen molar-refractivity contribution < 1.29 is 9.90 Å². The van der Waals surface area contributed by atoms with Crippen molar-refractivity contribution in [3.63, 3.8) is 0 Å². The minimum atomic E-state index is -0.410. The largest absolute Gasteiger partial charge is 0.507 e. The molecule has 0 aliphatic heterocycles. The molecule has 4 heteroatoms. The number of unbranched alkanes of at least 4 members (excludes halogenated alkanes) is 1. The molecule has 0 aliphatic rings. The maximum atomic E-state index is 12.2. The topological polar surface area (TPSA) is 68.2 Å². The van der Waals surface area contributed by atoms with E-state index >= 15 is 0 Å². The molecule has 1 amide bonds. The first-order chi connectivity index (χ1) is 15.8. The average molecular weight is 461 g/mol. The first-order valence-electron chi connectivity index (χ1n) is 12.2. The number of primary amides is 1. The number of phenols is 1. The van der Waals surface area contributed by atoms with E-state index in [-0.39, 0.29) is 10.8 Å². The fourth-order valence-corrected chi connectivity index (χ4v) is 4.59. The van der Waals surface area contributed by atoms with Crippen LogP contribution in [0.1, 0.15) is 87.1 Å². The van der Waals surface area contributed by atoms with Crippen molar-refractivity contribution in [3.8, 4) is 17.0 Å². The lowest BCUT2D eigenvalue weighted by Crippen LogP contribution is -2.17. The van der Waals surface area contributed by atoms with Crippen molar-refractivity contribution >= 4 is 5.91 Å². The summed E-state index contributed by atoms with van der Waals surface area (Å²) in [5.74, 6) is -0.0517. The summed E-state index contributed by atoms with van der Waals surface area (Å²) in [4.78, 5) is 12.2. The summed E-state index contributed by atoms with van der Waals surface area (Å²) in [5, 5.41) is 11.1. The molecule has 0 spiro atoms. The number of nitrogens with two attached hydrogens (primary N) is 1. The summed E-state index contributed by atoms with van der Waals surface area (Å²) in [7, 11) is 0. The number of aromatic hydroxyl groups is 1. The van der Waals surface area contributed by atoms with Crippen LogP contribution in [0.15, 0.2) is 48.5 Å². The van der Waals surface area contributed by atoms with Gasteiger partial charge >= 0.3 is 0 Å². The number of aromatic nitrogens is 1. The number of phenolic OH excluding ortho intramolecular Hbond substituents is 1. The summed E-state index contributed by atoms with van der Waals surface area (Å²) in [5.41, 5.74) is 11.9. The van der Waals surface area contributed by atoms with Crippen molar-refractivity contribution in [2.24, 2.45) is 5.73 Å². The molecular weight excluding hydrogens is 420 g/mol. The molecule has 0 radical (unpaired) electrons. The Morgan fingerprint density at radius 3 is 1.97 bits per heavy atom. The minimum Gasteiger partial charge on any atom is -0.507 e. The highest BCUT2D eigenvalue weighted by atomic mass is 16.3. The van der Waals surface area contributed by atoms with Crippen LogP contribution in [0.2, 0.25) is 0 Å².